The number of hydrogen-bond acceptors (Lipinski definition) is 5. The Kier molecular flexibility index (Phi) is 4.94. The van der Waals surface area contributed by atoms with E-state index < -0.39 is 17.8 Å². The molecule has 25 heavy (non-hydrogen) atoms. The van der Waals surface area contributed by atoms with Crippen LogP contribution in [0.15, 0.2) is 24.3 Å². The van der Waals surface area contributed by atoms with E-state index in [1.165, 1.54) is 0 Å². The molecule has 7 nitrogen and oxygen atoms in total. The number of carbonyl (C=O) groups excluding carboxylic acids is 2. The second-order valence-electron chi connectivity index (χ2n) is 5.91. The Morgan fingerprint density at radius 3 is 2.96 bits per heavy atom. The third-order valence-corrected chi connectivity index (χ3v) is 4.11. The van der Waals surface area contributed by atoms with Crippen LogP contribution in [0, 0.1) is 12.8 Å². The highest BCUT2D eigenvalue weighted by Crippen LogP contribution is 2.30. The summed E-state index contributed by atoms with van der Waals surface area (Å²) >= 11 is 5.97. The van der Waals surface area contributed by atoms with E-state index in [9.17, 15) is 9.59 Å². The molecule has 0 aliphatic carbocycles. The van der Waals surface area contributed by atoms with Crippen LogP contribution in [0.1, 0.15) is 11.3 Å². The van der Waals surface area contributed by atoms with Crippen molar-refractivity contribution in [2.24, 2.45) is 13.0 Å². The van der Waals surface area contributed by atoms with Crippen molar-refractivity contribution in [1.29, 1.82) is 0 Å². The average Bonchev–Trinajstić information content (AvgIpc) is 2.89. The molecule has 0 spiro atoms. The van der Waals surface area contributed by atoms with Crippen molar-refractivity contribution in [2.45, 2.75) is 13.3 Å². The Morgan fingerprint density at radius 2 is 2.24 bits per heavy atom. The molecule has 0 saturated carbocycles. The maximum Gasteiger partial charge on any atom is 0.313 e. The van der Waals surface area contributed by atoms with Crippen LogP contribution in [0.3, 0.4) is 0 Å². The van der Waals surface area contributed by atoms with Gasteiger partial charge in [-0.2, -0.15) is 5.10 Å². The van der Waals surface area contributed by atoms with Crippen LogP contribution < -0.4 is 10.1 Å². The fraction of sp³-hybridized carbons (Fsp3) is 0.353. The van der Waals surface area contributed by atoms with Gasteiger partial charge in [-0.1, -0.05) is 11.6 Å². The number of fused-ring (bicyclic) bond motifs is 1. The molecule has 0 fully saturated rings. The number of rotatable bonds is 4. The van der Waals surface area contributed by atoms with E-state index in [-0.39, 0.29) is 13.2 Å². The van der Waals surface area contributed by atoms with Gasteiger partial charge in [0.25, 0.3) is 5.91 Å². The van der Waals surface area contributed by atoms with Crippen molar-refractivity contribution in [3.8, 4) is 5.75 Å². The summed E-state index contributed by atoms with van der Waals surface area (Å²) in [6.45, 7) is 1.68. The monoisotopic (exact) mass is 363 g/mol. The molecule has 3 rings (SSSR count). The third kappa shape index (κ3) is 4.11. The Balaban J connectivity index is 1.53. The Hall–Kier alpha value is -2.54. The molecule has 2 aromatic rings. The number of ether oxygens (including phenoxy) is 2. The number of carbonyl (C=O) groups is 2. The number of nitrogens with one attached hydrogen (secondary N) is 1. The highest BCUT2D eigenvalue weighted by atomic mass is 35.5. The van der Waals surface area contributed by atoms with Gasteiger partial charge < -0.3 is 14.8 Å². The van der Waals surface area contributed by atoms with Gasteiger partial charge >= 0.3 is 5.97 Å². The van der Waals surface area contributed by atoms with Crippen molar-refractivity contribution in [3.63, 3.8) is 0 Å². The Morgan fingerprint density at radius 1 is 1.44 bits per heavy atom. The van der Waals surface area contributed by atoms with Gasteiger partial charge in [-0.15, -0.1) is 0 Å². The number of nitrogens with zero attached hydrogens (tertiary/aromatic N) is 2. The summed E-state index contributed by atoms with van der Waals surface area (Å²) in [4.78, 5) is 24.1. The van der Waals surface area contributed by atoms with Crippen LogP contribution in [0.4, 0.5) is 5.82 Å². The molecule has 1 amide bonds. The standard InChI is InChI=1S/C17H18ClN3O4/c1-10-5-15(21(2)20-10)19-16(22)9-25-17(23)12-6-11-7-13(18)3-4-14(11)24-8-12/h3-5,7,12H,6,8-9H2,1-2H3,(H,19,22)/t12-/m0/s1. The Labute approximate surface area is 149 Å². The van der Waals surface area contributed by atoms with Crippen LogP contribution in [0.5, 0.6) is 5.75 Å². The quantitative estimate of drug-likeness (QED) is 0.841. The van der Waals surface area contributed by atoms with E-state index in [0.29, 0.717) is 17.3 Å². The zero-order valence-corrected chi connectivity index (χ0v) is 14.7. The molecule has 0 saturated heterocycles. The van der Waals surface area contributed by atoms with E-state index in [1.54, 1.807) is 36.0 Å². The molecule has 8 heteroatoms. The van der Waals surface area contributed by atoms with E-state index in [4.69, 9.17) is 21.1 Å². The molecule has 1 aliphatic rings. The molecule has 1 aromatic carbocycles. The third-order valence-electron chi connectivity index (χ3n) is 3.88. The molecule has 1 aromatic heterocycles. The Bertz CT molecular complexity index is 818. The first-order valence-corrected chi connectivity index (χ1v) is 8.18. The van der Waals surface area contributed by atoms with Gasteiger partial charge in [0.15, 0.2) is 6.61 Å². The highest BCUT2D eigenvalue weighted by Gasteiger charge is 2.28. The molecule has 0 unspecified atom stereocenters. The minimum absolute atomic E-state index is 0.218. The molecule has 1 N–H and O–H groups in total. The molecule has 1 atom stereocenters. The topological polar surface area (TPSA) is 82.5 Å². The minimum Gasteiger partial charge on any atom is -0.492 e. The number of aromatic nitrogens is 2. The largest absolute Gasteiger partial charge is 0.492 e. The average molecular weight is 364 g/mol. The number of esters is 1. The van der Waals surface area contributed by atoms with Gasteiger partial charge in [0.05, 0.1) is 11.6 Å². The summed E-state index contributed by atoms with van der Waals surface area (Å²) < 4.78 is 12.2. The molecule has 0 radical (unpaired) electrons. The number of hydrogen-bond donors (Lipinski definition) is 1. The molecule has 132 valence electrons. The van der Waals surface area contributed by atoms with E-state index in [2.05, 4.69) is 10.4 Å². The van der Waals surface area contributed by atoms with E-state index in [0.717, 1.165) is 17.0 Å². The zero-order chi connectivity index (χ0) is 18.0. The lowest BCUT2D eigenvalue weighted by Gasteiger charge is -2.24. The first-order valence-electron chi connectivity index (χ1n) is 7.80. The van der Waals surface area contributed by atoms with E-state index >= 15 is 0 Å². The summed E-state index contributed by atoms with van der Waals surface area (Å²) in [7, 11) is 1.72. The molecular weight excluding hydrogens is 346 g/mol. The summed E-state index contributed by atoms with van der Waals surface area (Å²) in [5.74, 6) is -0.0860. The van der Waals surface area contributed by atoms with Crippen molar-refractivity contribution in [3.05, 3.63) is 40.5 Å². The number of aryl methyl sites for hydroxylation is 2. The predicted molar refractivity (Wildman–Crippen MR) is 91.7 cm³/mol. The van der Waals surface area contributed by atoms with Crippen molar-refractivity contribution < 1.29 is 19.1 Å². The predicted octanol–water partition coefficient (Wildman–Crippen LogP) is 2.11. The first-order chi connectivity index (χ1) is 11.9. The summed E-state index contributed by atoms with van der Waals surface area (Å²) in [5, 5.41) is 7.36. The van der Waals surface area contributed by atoms with Crippen LogP contribution in [-0.4, -0.2) is 34.9 Å². The maximum absolute atomic E-state index is 12.2. The molecule has 0 bridgehead atoms. The summed E-state index contributed by atoms with van der Waals surface area (Å²) in [5.41, 5.74) is 1.64. The van der Waals surface area contributed by atoms with Crippen molar-refractivity contribution >= 4 is 29.3 Å². The van der Waals surface area contributed by atoms with Gasteiger partial charge in [-0.25, -0.2) is 0 Å². The zero-order valence-electron chi connectivity index (χ0n) is 13.9. The maximum atomic E-state index is 12.2. The molecule has 2 heterocycles. The number of anilines is 1. The fourth-order valence-electron chi connectivity index (χ4n) is 2.68. The lowest BCUT2D eigenvalue weighted by molar-refractivity contribution is -0.152. The lowest BCUT2D eigenvalue weighted by atomic mass is 9.97. The molecule has 1 aliphatic heterocycles. The normalized spacial score (nSPS) is 15.9. The van der Waals surface area contributed by atoms with Crippen LogP contribution in [0.25, 0.3) is 0 Å². The first kappa shape index (κ1) is 17.3. The molecular formula is C17H18ClN3O4. The van der Waals surface area contributed by atoms with Gasteiger partial charge in [-0.05, 0) is 37.1 Å². The second-order valence-corrected chi connectivity index (χ2v) is 6.35. The smallest absolute Gasteiger partial charge is 0.313 e. The number of halogens is 1. The number of benzene rings is 1. The van der Waals surface area contributed by atoms with Gasteiger partial charge in [0.2, 0.25) is 0 Å². The van der Waals surface area contributed by atoms with Gasteiger partial charge in [0.1, 0.15) is 18.2 Å². The van der Waals surface area contributed by atoms with Crippen LogP contribution >= 0.6 is 11.6 Å². The van der Waals surface area contributed by atoms with Crippen molar-refractivity contribution in [1.82, 2.24) is 9.78 Å². The van der Waals surface area contributed by atoms with Crippen LogP contribution in [-0.2, 0) is 27.8 Å². The lowest BCUT2D eigenvalue weighted by Crippen LogP contribution is -2.32. The van der Waals surface area contributed by atoms with Crippen molar-refractivity contribution in [2.75, 3.05) is 18.5 Å². The second kappa shape index (κ2) is 7.14. The SMILES string of the molecule is Cc1cc(NC(=O)COC(=O)[C@@H]2COc3ccc(Cl)cc3C2)n(C)n1. The highest BCUT2D eigenvalue weighted by molar-refractivity contribution is 6.30. The summed E-state index contributed by atoms with van der Waals surface area (Å²) in [6, 6.07) is 7.02. The van der Waals surface area contributed by atoms with Crippen LogP contribution in [0.2, 0.25) is 5.02 Å². The summed E-state index contributed by atoms with van der Waals surface area (Å²) in [6.07, 6.45) is 0.470. The van der Waals surface area contributed by atoms with Gasteiger partial charge in [-0.3, -0.25) is 14.3 Å². The minimum atomic E-state index is -0.470. The van der Waals surface area contributed by atoms with Gasteiger partial charge in [0, 0.05) is 18.1 Å². The number of amides is 1. The van der Waals surface area contributed by atoms with E-state index in [1.807, 2.05) is 6.92 Å². The fourth-order valence-corrected chi connectivity index (χ4v) is 2.87.